The lowest BCUT2D eigenvalue weighted by molar-refractivity contribution is -0.157. The van der Waals surface area contributed by atoms with Gasteiger partial charge in [0.25, 0.3) is 0 Å². The number of aliphatic hydroxyl groups is 1. The lowest BCUT2D eigenvalue weighted by atomic mass is 9.43. The number of carbonyl (C=O) groups is 1. The van der Waals surface area contributed by atoms with Gasteiger partial charge in [-0.15, -0.1) is 5.10 Å². The summed E-state index contributed by atoms with van der Waals surface area (Å²) >= 11 is 0. The molecule has 4 aliphatic carbocycles. The number of nitrogens with zero attached hydrogens (tertiary/aromatic N) is 4. The number of carbonyl (C=O) groups excluding carboxylic acids is 1. The molecule has 1 N–H and O–H groups in total. The maximum absolute atomic E-state index is 13.4. The fourth-order valence-corrected chi connectivity index (χ4v) is 9.02. The number of methoxy groups -OCH3 is 1. The van der Waals surface area contributed by atoms with E-state index in [4.69, 9.17) is 4.74 Å². The smallest absolute Gasteiger partial charge is 0.158 e. The molecule has 0 unspecified atom stereocenters. The largest absolute Gasteiger partial charge is 0.390 e. The standard InChI is InChI=1S/C26H42N4O3/c1-17-27-28-29-30(17)16-23(31)22-8-7-20-19-6-5-18-15-26(32,13-14-33-4)12-11-24(18,2)21(19)9-10-25(20,22)3/h18-22,32H,5-16H2,1-4H3/t18-,19-,20-,21-,22+,24-,25-,26-/m0/s1. The lowest BCUT2D eigenvalue weighted by Gasteiger charge is -2.62. The summed E-state index contributed by atoms with van der Waals surface area (Å²) in [4.78, 5) is 13.4. The van der Waals surface area contributed by atoms with Crippen LogP contribution in [0.3, 0.4) is 0 Å². The molecule has 0 amide bonds. The monoisotopic (exact) mass is 458 g/mol. The van der Waals surface area contributed by atoms with E-state index in [2.05, 4.69) is 29.4 Å². The van der Waals surface area contributed by atoms with Crippen LogP contribution < -0.4 is 0 Å². The molecule has 4 saturated carbocycles. The van der Waals surface area contributed by atoms with Gasteiger partial charge in [0, 0.05) is 19.6 Å². The van der Waals surface area contributed by atoms with Gasteiger partial charge in [0.1, 0.15) is 12.4 Å². The fourth-order valence-electron chi connectivity index (χ4n) is 9.02. The van der Waals surface area contributed by atoms with E-state index in [1.54, 1.807) is 11.8 Å². The van der Waals surface area contributed by atoms with E-state index in [0.29, 0.717) is 42.0 Å². The molecular weight excluding hydrogens is 416 g/mol. The van der Waals surface area contributed by atoms with Crippen LogP contribution in [-0.2, 0) is 16.1 Å². The first-order valence-electron chi connectivity index (χ1n) is 13.2. The average molecular weight is 459 g/mol. The van der Waals surface area contributed by atoms with Gasteiger partial charge in [-0.2, -0.15) is 0 Å². The number of ketones is 1. The van der Waals surface area contributed by atoms with Crippen LogP contribution in [0.5, 0.6) is 0 Å². The van der Waals surface area contributed by atoms with Crippen LogP contribution in [0.4, 0.5) is 0 Å². The number of ether oxygens (including phenoxy) is 1. The minimum absolute atomic E-state index is 0.108. The van der Waals surface area contributed by atoms with Crippen LogP contribution in [0.15, 0.2) is 0 Å². The van der Waals surface area contributed by atoms with Gasteiger partial charge in [-0.1, -0.05) is 13.8 Å². The Morgan fingerprint density at radius 3 is 2.61 bits per heavy atom. The van der Waals surface area contributed by atoms with Gasteiger partial charge in [0.15, 0.2) is 5.78 Å². The first-order chi connectivity index (χ1) is 15.7. The maximum Gasteiger partial charge on any atom is 0.158 e. The SMILES string of the molecule is COCC[C@@]1(O)CC[C@@]2(C)[C@@H](CC[C@@H]3[C@@H]2CC[C@]2(C)[C@@H](C(=O)Cn4nnnc4C)CC[C@@H]32)C1. The minimum Gasteiger partial charge on any atom is -0.390 e. The van der Waals surface area contributed by atoms with E-state index in [1.807, 2.05) is 6.92 Å². The zero-order valence-corrected chi connectivity index (χ0v) is 20.9. The zero-order valence-electron chi connectivity index (χ0n) is 20.9. The van der Waals surface area contributed by atoms with Crippen molar-refractivity contribution in [1.82, 2.24) is 20.2 Å². The summed E-state index contributed by atoms with van der Waals surface area (Å²) in [7, 11) is 1.73. The van der Waals surface area contributed by atoms with Crippen molar-refractivity contribution in [3.63, 3.8) is 0 Å². The van der Waals surface area contributed by atoms with E-state index >= 15 is 0 Å². The van der Waals surface area contributed by atoms with Crippen LogP contribution in [0.1, 0.15) is 83.9 Å². The third-order valence-electron chi connectivity index (χ3n) is 11.0. The summed E-state index contributed by atoms with van der Waals surface area (Å²) in [6.07, 6.45) is 10.8. The van der Waals surface area contributed by atoms with Crippen molar-refractivity contribution < 1.29 is 14.6 Å². The molecule has 1 aromatic heterocycles. The van der Waals surface area contributed by atoms with E-state index in [9.17, 15) is 9.90 Å². The van der Waals surface area contributed by atoms with Crippen molar-refractivity contribution in [1.29, 1.82) is 0 Å². The Morgan fingerprint density at radius 2 is 1.88 bits per heavy atom. The highest BCUT2D eigenvalue weighted by Gasteiger charge is 2.62. The molecule has 4 fully saturated rings. The number of aryl methyl sites for hydroxylation is 1. The molecule has 4 aliphatic rings. The van der Waals surface area contributed by atoms with Gasteiger partial charge in [-0.05, 0) is 116 Å². The van der Waals surface area contributed by atoms with Crippen molar-refractivity contribution in [2.45, 2.75) is 97.1 Å². The molecule has 184 valence electrons. The number of fused-ring (bicyclic) bond motifs is 5. The van der Waals surface area contributed by atoms with Gasteiger partial charge >= 0.3 is 0 Å². The number of Topliss-reactive ketones (excluding diaryl/α,β-unsaturated/α-hetero) is 1. The molecule has 0 saturated heterocycles. The maximum atomic E-state index is 13.4. The summed E-state index contributed by atoms with van der Waals surface area (Å²) in [5, 5.41) is 22.9. The molecule has 1 aromatic rings. The summed E-state index contributed by atoms with van der Waals surface area (Å²) < 4.78 is 6.94. The quantitative estimate of drug-likeness (QED) is 0.694. The molecule has 0 radical (unpaired) electrons. The summed E-state index contributed by atoms with van der Waals surface area (Å²) in [6, 6.07) is 0. The Balaban J connectivity index is 1.31. The summed E-state index contributed by atoms with van der Waals surface area (Å²) in [5.41, 5.74) is -0.109. The molecule has 0 aromatic carbocycles. The molecule has 5 rings (SSSR count). The van der Waals surface area contributed by atoms with E-state index in [1.165, 1.54) is 25.7 Å². The second-order valence-corrected chi connectivity index (χ2v) is 12.4. The van der Waals surface area contributed by atoms with Crippen LogP contribution in [0.2, 0.25) is 0 Å². The highest BCUT2D eigenvalue weighted by Crippen LogP contribution is 2.68. The van der Waals surface area contributed by atoms with E-state index in [0.717, 1.165) is 50.4 Å². The number of aromatic nitrogens is 4. The zero-order chi connectivity index (χ0) is 23.4. The molecule has 8 atom stereocenters. The van der Waals surface area contributed by atoms with Crippen LogP contribution >= 0.6 is 0 Å². The van der Waals surface area contributed by atoms with Crippen LogP contribution in [0.25, 0.3) is 0 Å². The predicted molar refractivity (Wildman–Crippen MR) is 124 cm³/mol. The Hall–Kier alpha value is -1.34. The molecule has 0 aliphatic heterocycles. The first-order valence-corrected chi connectivity index (χ1v) is 13.2. The summed E-state index contributed by atoms with van der Waals surface area (Å²) in [5.74, 6) is 3.87. The molecule has 7 heteroatoms. The van der Waals surface area contributed by atoms with Gasteiger partial charge in [0.05, 0.1) is 5.60 Å². The van der Waals surface area contributed by atoms with Gasteiger partial charge in [-0.3, -0.25) is 4.79 Å². The van der Waals surface area contributed by atoms with Crippen LogP contribution in [0, 0.1) is 47.3 Å². The normalized spacial score (nSPS) is 44.7. The van der Waals surface area contributed by atoms with Crippen molar-refractivity contribution >= 4 is 5.78 Å². The number of hydrogen-bond donors (Lipinski definition) is 1. The second-order valence-electron chi connectivity index (χ2n) is 12.4. The van der Waals surface area contributed by atoms with E-state index < -0.39 is 5.60 Å². The second kappa shape index (κ2) is 8.40. The van der Waals surface area contributed by atoms with Gasteiger partial charge in [0.2, 0.25) is 0 Å². The van der Waals surface area contributed by atoms with Crippen molar-refractivity contribution in [2.24, 2.45) is 40.4 Å². The van der Waals surface area contributed by atoms with Crippen molar-refractivity contribution in [2.75, 3.05) is 13.7 Å². The average Bonchev–Trinajstić information content (AvgIpc) is 3.35. The Kier molecular flexibility index (Phi) is 5.96. The lowest BCUT2D eigenvalue weighted by Crippen LogP contribution is -2.56. The molecule has 1 heterocycles. The third kappa shape index (κ3) is 3.78. The summed E-state index contributed by atoms with van der Waals surface area (Å²) in [6.45, 7) is 7.75. The topological polar surface area (TPSA) is 90.1 Å². The number of hydrogen-bond acceptors (Lipinski definition) is 6. The Labute approximate surface area is 198 Å². The number of tetrazole rings is 1. The Bertz CT molecular complexity index is 889. The number of rotatable bonds is 6. The van der Waals surface area contributed by atoms with Crippen LogP contribution in [-0.4, -0.2) is 50.4 Å². The minimum atomic E-state index is -0.546. The molecular formula is C26H42N4O3. The predicted octanol–water partition coefficient (Wildman–Crippen LogP) is 3.98. The van der Waals surface area contributed by atoms with Gasteiger partial charge in [-0.25, -0.2) is 4.68 Å². The molecule has 0 spiro atoms. The third-order valence-corrected chi connectivity index (χ3v) is 11.0. The molecule has 7 nitrogen and oxygen atoms in total. The Morgan fingerprint density at radius 1 is 1.09 bits per heavy atom. The molecule has 0 bridgehead atoms. The molecule has 33 heavy (non-hydrogen) atoms. The van der Waals surface area contributed by atoms with Crippen molar-refractivity contribution in [3.8, 4) is 0 Å². The highest BCUT2D eigenvalue weighted by molar-refractivity contribution is 5.82. The van der Waals surface area contributed by atoms with Gasteiger partial charge < -0.3 is 9.84 Å². The van der Waals surface area contributed by atoms with E-state index in [-0.39, 0.29) is 11.3 Å². The van der Waals surface area contributed by atoms with Crippen molar-refractivity contribution in [3.05, 3.63) is 5.82 Å². The fraction of sp³-hybridized carbons (Fsp3) is 0.923. The highest BCUT2D eigenvalue weighted by atomic mass is 16.5. The first kappa shape index (κ1) is 23.4.